The second-order valence-corrected chi connectivity index (χ2v) is 3.73. The van der Waals surface area contributed by atoms with Crippen LogP contribution in [0.25, 0.3) is 0 Å². The Balaban J connectivity index is 2.35. The fourth-order valence-corrected chi connectivity index (χ4v) is 1.50. The van der Waals surface area contributed by atoms with E-state index in [-0.39, 0.29) is 23.2 Å². The summed E-state index contributed by atoms with van der Waals surface area (Å²) in [5.41, 5.74) is 6.23. The summed E-state index contributed by atoms with van der Waals surface area (Å²) in [5.74, 6) is -0.287. The van der Waals surface area contributed by atoms with Crippen molar-refractivity contribution in [1.82, 2.24) is 4.98 Å². The van der Waals surface area contributed by atoms with Crippen molar-refractivity contribution in [2.45, 2.75) is 6.54 Å². The van der Waals surface area contributed by atoms with E-state index in [0.717, 1.165) is 0 Å². The van der Waals surface area contributed by atoms with Gasteiger partial charge in [-0.1, -0.05) is 23.7 Å². The Bertz CT molecular complexity index is 534. The molecule has 0 fully saturated rings. The lowest BCUT2D eigenvalue weighted by atomic mass is 10.2. The summed E-state index contributed by atoms with van der Waals surface area (Å²) in [5, 5.41) is 0.00716. The lowest BCUT2D eigenvalue weighted by Crippen LogP contribution is -2.01. The number of benzene rings is 1. The minimum absolute atomic E-state index is 0.00716. The van der Waals surface area contributed by atoms with Crippen molar-refractivity contribution in [3.05, 3.63) is 52.9 Å². The molecule has 0 bridgehead atoms. The Kier molecular flexibility index (Phi) is 3.56. The van der Waals surface area contributed by atoms with Crippen LogP contribution in [0, 0.1) is 5.82 Å². The first kappa shape index (κ1) is 11.8. The van der Waals surface area contributed by atoms with E-state index in [1.54, 1.807) is 24.4 Å². The molecule has 88 valence electrons. The number of ether oxygens (including phenoxy) is 1. The number of hydrogen-bond acceptors (Lipinski definition) is 3. The van der Waals surface area contributed by atoms with Crippen molar-refractivity contribution < 1.29 is 9.13 Å². The number of pyridine rings is 1. The van der Waals surface area contributed by atoms with E-state index in [9.17, 15) is 4.39 Å². The van der Waals surface area contributed by atoms with Crippen LogP contribution in [0.4, 0.5) is 4.39 Å². The molecule has 0 amide bonds. The van der Waals surface area contributed by atoms with Crippen LogP contribution in [0.15, 0.2) is 36.5 Å². The maximum absolute atomic E-state index is 13.6. The molecule has 0 aliphatic heterocycles. The monoisotopic (exact) mass is 252 g/mol. The molecule has 0 saturated heterocycles. The highest BCUT2D eigenvalue weighted by Gasteiger charge is 2.10. The van der Waals surface area contributed by atoms with Crippen LogP contribution < -0.4 is 10.5 Å². The molecule has 0 saturated carbocycles. The topological polar surface area (TPSA) is 48.1 Å². The Morgan fingerprint density at radius 2 is 2.12 bits per heavy atom. The number of nitrogens with zero attached hydrogens (tertiary/aromatic N) is 1. The second kappa shape index (κ2) is 5.12. The van der Waals surface area contributed by atoms with Gasteiger partial charge in [-0.15, -0.1) is 0 Å². The van der Waals surface area contributed by atoms with Crippen molar-refractivity contribution >= 4 is 11.6 Å². The third-order valence-electron chi connectivity index (χ3n) is 2.19. The first-order chi connectivity index (χ1) is 8.22. The smallest absolute Gasteiger partial charge is 0.223 e. The van der Waals surface area contributed by atoms with Gasteiger partial charge in [0.05, 0.1) is 5.02 Å². The van der Waals surface area contributed by atoms with Gasteiger partial charge in [-0.3, -0.25) is 0 Å². The van der Waals surface area contributed by atoms with Crippen molar-refractivity contribution in [2.75, 3.05) is 0 Å². The summed E-state index contributed by atoms with van der Waals surface area (Å²) in [6.45, 7) is 0.269. The maximum atomic E-state index is 13.6. The quantitative estimate of drug-likeness (QED) is 0.913. The summed E-state index contributed by atoms with van der Waals surface area (Å²) in [6.07, 6.45) is 1.55. The normalized spacial score (nSPS) is 10.3. The molecule has 1 heterocycles. The van der Waals surface area contributed by atoms with Crippen LogP contribution in [0.1, 0.15) is 5.56 Å². The summed E-state index contributed by atoms with van der Waals surface area (Å²) in [6, 6.07) is 8.04. The first-order valence-corrected chi connectivity index (χ1v) is 5.36. The van der Waals surface area contributed by atoms with Crippen molar-refractivity contribution in [2.24, 2.45) is 5.73 Å². The molecular formula is C12H10ClFN2O. The Morgan fingerprint density at radius 1 is 1.29 bits per heavy atom. The van der Waals surface area contributed by atoms with E-state index in [0.29, 0.717) is 5.56 Å². The van der Waals surface area contributed by atoms with Crippen LogP contribution in [0.2, 0.25) is 5.02 Å². The number of rotatable bonds is 3. The van der Waals surface area contributed by atoms with Gasteiger partial charge in [0.15, 0.2) is 11.6 Å². The predicted octanol–water partition coefficient (Wildman–Crippen LogP) is 3.13. The molecule has 2 aromatic rings. The molecule has 0 spiro atoms. The SMILES string of the molecule is NCc1cccnc1Oc1cccc(Cl)c1F. The minimum atomic E-state index is -0.609. The van der Waals surface area contributed by atoms with Crippen molar-refractivity contribution in [3.63, 3.8) is 0 Å². The van der Waals surface area contributed by atoms with E-state index in [1.807, 2.05) is 0 Å². The molecule has 2 rings (SSSR count). The standard InChI is InChI=1S/C12H10ClFN2O/c13-9-4-1-5-10(11(9)14)17-12-8(7-15)3-2-6-16-12/h1-6H,7,15H2. The van der Waals surface area contributed by atoms with Gasteiger partial charge in [0.2, 0.25) is 5.88 Å². The first-order valence-electron chi connectivity index (χ1n) is 4.98. The summed E-state index contributed by atoms with van der Waals surface area (Å²) < 4.78 is 19.0. The number of nitrogens with two attached hydrogens (primary N) is 1. The van der Waals surface area contributed by atoms with E-state index in [1.165, 1.54) is 12.1 Å². The molecule has 1 aromatic heterocycles. The summed E-state index contributed by atoms with van der Waals surface area (Å²) >= 11 is 5.65. The van der Waals surface area contributed by atoms with Crippen LogP contribution in [-0.4, -0.2) is 4.98 Å². The Morgan fingerprint density at radius 3 is 2.88 bits per heavy atom. The molecule has 5 heteroatoms. The van der Waals surface area contributed by atoms with Crippen LogP contribution in [0.3, 0.4) is 0 Å². The zero-order valence-corrected chi connectivity index (χ0v) is 9.62. The number of aromatic nitrogens is 1. The molecule has 3 nitrogen and oxygen atoms in total. The van der Waals surface area contributed by atoms with E-state index >= 15 is 0 Å². The van der Waals surface area contributed by atoms with E-state index in [2.05, 4.69) is 4.98 Å². The molecule has 1 aromatic carbocycles. The summed E-state index contributed by atoms with van der Waals surface area (Å²) in [7, 11) is 0. The zero-order valence-electron chi connectivity index (χ0n) is 8.86. The molecule has 0 unspecified atom stereocenters. The molecule has 17 heavy (non-hydrogen) atoms. The van der Waals surface area contributed by atoms with Gasteiger partial charge < -0.3 is 10.5 Å². The van der Waals surface area contributed by atoms with Gasteiger partial charge >= 0.3 is 0 Å². The van der Waals surface area contributed by atoms with Crippen LogP contribution >= 0.6 is 11.6 Å². The highest BCUT2D eigenvalue weighted by atomic mass is 35.5. The largest absolute Gasteiger partial charge is 0.436 e. The Labute approximate surface area is 103 Å². The third kappa shape index (κ3) is 2.54. The predicted molar refractivity (Wildman–Crippen MR) is 63.6 cm³/mol. The fourth-order valence-electron chi connectivity index (χ4n) is 1.34. The zero-order chi connectivity index (χ0) is 12.3. The molecule has 0 aliphatic carbocycles. The van der Waals surface area contributed by atoms with E-state index in [4.69, 9.17) is 22.1 Å². The summed E-state index contributed by atoms with van der Waals surface area (Å²) in [4.78, 5) is 4.00. The highest BCUT2D eigenvalue weighted by Crippen LogP contribution is 2.29. The van der Waals surface area contributed by atoms with Gasteiger partial charge in [-0.2, -0.15) is 0 Å². The molecular weight excluding hydrogens is 243 g/mol. The van der Waals surface area contributed by atoms with Crippen LogP contribution in [0.5, 0.6) is 11.6 Å². The number of halogens is 2. The molecule has 0 aliphatic rings. The minimum Gasteiger partial charge on any atom is -0.436 e. The second-order valence-electron chi connectivity index (χ2n) is 3.33. The lowest BCUT2D eigenvalue weighted by molar-refractivity contribution is 0.423. The van der Waals surface area contributed by atoms with E-state index < -0.39 is 5.82 Å². The number of hydrogen-bond donors (Lipinski definition) is 1. The average Bonchev–Trinajstić information content (AvgIpc) is 2.35. The van der Waals surface area contributed by atoms with Crippen LogP contribution in [-0.2, 0) is 6.54 Å². The van der Waals surface area contributed by atoms with Gasteiger partial charge in [0.25, 0.3) is 0 Å². The Hall–Kier alpha value is -1.65. The van der Waals surface area contributed by atoms with Crippen molar-refractivity contribution in [1.29, 1.82) is 0 Å². The average molecular weight is 253 g/mol. The fraction of sp³-hybridized carbons (Fsp3) is 0.0833. The lowest BCUT2D eigenvalue weighted by Gasteiger charge is -2.09. The van der Waals surface area contributed by atoms with Gasteiger partial charge in [0.1, 0.15) is 0 Å². The molecule has 2 N–H and O–H groups in total. The van der Waals surface area contributed by atoms with Gasteiger partial charge in [-0.05, 0) is 18.2 Å². The molecule has 0 radical (unpaired) electrons. The van der Waals surface area contributed by atoms with Gasteiger partial charge in [-0.25, -0.2) is 9.37 Å². The van der Waals surface area contributed by atoms with Gasteiger partial charge in [0, 0.05) is 18.3 Å². The maximum Gasteiger partial charge on any atom is 0.223 e. The third-order valence-corrected chi connectivity index (χ3v) is 2.48. The van der Waals surface area contributed by atoms with Crippen molar-refractivity contribution in [3.8, 4) is 11.6 Å². The molecule has 0 atom stereocenters. The highest BCUT2D eigenvalue weighted by molar-refractivity contribution is 6.30.